The van der Waals surface area contributed by atoms with Crippen molar-refractivity contribution in [2.24, 2.45) is 11.7 Å². The zero-order valence-electron chi connectivity index (χ0n) is 28.2. The van der Waals surface area contributed by atoms with Crippen molar-refractivity contribution >= 4 is 29.5 Å². The summed E-state index contributed by atoms with van der Waals surface area (Å²) in [6, 6.07) is 6.29. The number of rotatable bonds is 12. The lowest BCUT2D eigenvalue weighted by molar-refractivity contribution is -0.147. The number of carbonyl (C=O) groups is 5. The van der Waals surface area contributed by atoms with Gasteiger partial charge in [-0.25, -0.2) is 9.48 Å². The van der Waals surface area contributed by atoms with Crippen LogP contribution in [0.25, 0.3) is 0 Å². The minimum atomic E-state index is -1.57. The zero-order chi connectivity index (χ0) is 35.2. The van der Waals surface area contributed by atoms with Gasteiger partial charge in [0.05, 0.1) is 17.9 Å². The van der Waals surface area contributed by atoms with Crippen molar-refractivity contribution in [1.29, 1.82) is 0 Å². The molecule has 266 valence electrons. The second-order valence-corrected chi connectivity index (χ2v) is 14.0. The van der Waals surface area contributed by atoms with Crippen LogP contribution >= 0.6 is 0 Å². The summed E-state index contributed by atoms with van der Waals surface area (Å²) in [4.78, 5) is 68.6. The van der Waals surface area contributed by atoms with Crippen LogP contribution < -0.4 is 21.7 Å². The number of Topliss-reactive ketones (excluding diaryl/α,β-unsaturated/α-hetero) is 1. The molecule has 1 aliphatic carbocycles. The molecule has 15 nitrogen and oxygen atoms in total. The number of aliphatic hydroxyl groups is 1. The molecule has 0 spiro atoms. The monoisotopic (exact) mass is 680 g/mol. The van der Waals surface area contributed by atoms with E-state index in [-0.39, 0.29) is 51.5 Å². The maximum absolute atomic E-state index is 14.6. The summed E-state index contributed by atoms with van der Waals surface area (Å²) in [6.45, 7) is 3.74. The average molecular weight is 681 g/mol. The van der Waals surface area contributed by atoms with Gasteiger partial charge in [-0.05, 0) is 31.7 Å². The van der Waals surface area contributed by atoms with Crippen LogP contribution in [0.5, 0.6) is 0 Å². The number of nitrogens with two attached hydrogens (primary N) is 1. The van der Waals surface area contributed by atoms with E-state index in [2.05, 4.69) is 26.3 Å². The van der Waals surface area contributed by atoms with E-state index < -0.39 is 58.8 Å². The van der Waals surface area contributed by atoms with Gasteiger partial charge in [-0.2, -0.15) is 0 Å². The number of benzene rings is 1. The van der Waals surface area contributed by atoms with E-state index in [1.54, 1.807) is 13.8 Å². The predicted octanol–water partition coefficient (Wildman–Crippen LogP) is 1.21. The topological polar surface area (TPSA) is 211 Å². The molecule has 15 heteroatoms. The van der Waals surface area contributed by atoms with Crippen molar-refractivity contribution in [2.75, 3.05) is 19.8 Å². The third kappa shape index (κ3) is 8.63. The summed E-state index contributed by atoms with van der Waals surface area (Å²) in [7, 11) is 0. The van der Waals surface area contributed by atoms with Crippen molar-refractivity contribution in [1.82, 2.24) is 35.8 Å². The second-order valence-electron chi connectivity index (χ2n) is 14.0. The van der Waals surface area contributed by atoms with Gasteiger partial charge in [0.25, 0.3) is 5.91 Å². The summed E-state index contributed by atoms with van der Waals surface area (Å²) in [5.41, 5.74) is 3.81. The Balaban J connectivity index is 1.43. The van der Waals surface area contributed by atoms with Crippen LogP contribution in [0, 0.1) is 5.92 Å². The number of likely N-dealkylation sites (tertiary alicyclic amines) is 1. The first-order valence-electron chi connectivity index (χ1n) is 17.1. The van der Waals surface area contributed by atoms with Crippen molar-refractivity contribution in [2.45, 2.75) is 107 Å². The fraction of sp³-hybridized carbons (Fsp3) is 0.618. The number of hydrogen-bond donors (Lipinski definition) is 5. The molecule has 6 N–H and O–H groups in total. The number of ketones is 1. The maximum Gasteiger partial charge on any atom is 0.315 e. The summed E-state index contributed by atoms with van der Waals surface area (Å²) >= 11 is 0. The van der Waals surface area contributed by atoms with Crippen LogP contribution in [-0.4, -0.2) is 91.9 Å². The van der Waals surface area contributed by atoms with Gasteiger partial charge >= 0.3 is 6.03 Å². The van der Waals surface area contributed by atoms with Crippen LogP contribution in [0.1, 0.15) is 88.9 Å². The molecule has 1 saturated carbocycles. The molecule has 3 atom stereocenters. The quantitative estimate of drug-likeness (QED) is 0.204. The number of carbonyl (C=O) groups excluding carboxylic acids is 5. The Hall–Kier alpha value is -4.37. The van der Waals surface area contributed by atoms with Crippen LogP contribution in [0.3, 0.4) is 0 Å². The molecule has 2 aromatic rings. The van der Waals surface area contributed by atoms with Crippen LogP contribution in [-0.2, 0) is 36.1 Å². The van der Waals surface area contributed by atoms with E-state index in [4.69, 9.17) is 10.5 Å². The molecule has 2 saturated heterocycles. The van der Waals surface area contributed by atoms with Crippen molar-refractivity contribution in [3.8, 4) is 0 Å². The third-order valence-corrected chi connectivity index (χ3v) is 9.97. The van der Waals surface area contributed by atoms with Gasteiger partial charge in [0.15, 0.2) is 0 Å². The highest BCUT2D eigenvalue weighted by Gasteiger charge is 2.49. The molecular formula is C34H48N8O7. The number of nitrogens with zero attached hydrogens (tertiary/aromatic N) is 4. The molecule has 49 heavy (non-hydrogen) atoms. The van der Waals surface area contributed by atoms with E-state index in [0.29, 0.717) is 12.1 Å². The molecule has 3 heterocycles. The van der Waals surface area contributed by atoms with Gasteiger partial charge in [-0.15, -0.1) is 5.10 Å². The number of hydrogen-bond acceptors (Lipinski definition) is 9. The summed E-state index contributed by atoms with van der Waals surface area (Å²) in [6.07, 6.45) is 7.05. The van der Waals surface area contributed by atoms with E-state index in [0.717, 1.165) is 37.7 Å². The first-order chi connectivity index (χ1) is 23.4. The minimum Gasteiger partial charge on any atom is -0.384 e. The summed E-state index contributed by atoms with van der Waals surface area (Å²) < 4.78 is 6.93. The number of ether oxygens (including phenoxy) is 1. The van der Waals surface area contributed by atoms with Gasteiger partial charge in [0.2, 0.25) is 17.6 Å². The molecular weight excluding hydrogens is 632 g/mol. The molecule has 3 aliphatic rings. The number of aromatic nitrogens is 3. The highest BCUT2D eigenvalue weighted by molar-refractivity contribution is 6.39. The minimum absolute atomic E-state index is 0.0255. The summed E-state index contributed by atoms with van der Waals surface area (Å²) in [5.74, 6) is -2.98. The van der Waals surface area contributed by atoms with Gasteiger partial charge in [-0.1, -0.05) is 67.6 Å². The van der Waals surface area contributed by atoms with Crippen LogP contribution in [0.4, 0.5) is 4.79 Å². The normalized spacial score (nSPS) is 21.8. The third-order valence-electron chi connectivity index (χ3n) is 9.97. The van der Waals surface area contributed by atoms with E-state index >= 15 is 0 Å². The smallest absolute Gasteiger partial charge is 0.315 e. The zero-order valence-corrected chi connectivity index (χ0v) is 28.2. The van der Waals surface area contributed by atoms with Gasteiger partial charge in [0.1, 0.15) is 23.2 Å². The van der Waals surface area contributed by atoms with Crippen molar-refractivity contribution < 1.29 is 33.8 Å². The Morgan fingerprint density at radius 3 is 2.43 bits per heavy atom. The lowest BCUT2D eigenvalue weighted by Crippen LogP contribution is -2.64. The van der Waals surface area contributed by atoms with E-state index in [9.17, 15) is 29.1 Å². The Kier molecular flexibility index (Phi) is 11.3. The molecule has 5 amide bonds. The molecule has 3 fully saturated rings. The Morgan fingerprint density at radius 2 is 1.78 bits per heavy atom. The van der Waals surface area contributed by atoms with Gasteiger partial charge < -0.3 is 36.4 Å². The van der Waals surface area contributed by atoms with Crippen LogP contribution in [0.15, 0.2) is 36.5 Å². The molecule has 1 aromatic carbocycles. The first-order valence-corrected chi connectivity index (χ1v) is 17.1. The molecule has 0 bridgehead atoms. The number of urea groups is 1. The second kappa shape index (κ2) is 15.5. The highest BCUT2D eigenvalue weighted by atomic mass is 16.5. The Bertz CT molecular complexity index is 1500. The van der Waals surface area contributed by atoms with Gasteiger partial charge in [-0.3, -0.25) is 19.2 Å². The van der Waals surface area contributed by atoms with E-state index in [1.165, 1.54) is 15.8 Å². The SMILES string of the molecule is CC(C)(O)c1cnnn1[C@H]1C[C@@H](C(=O)NC2(C(=O)C(N)=O)CCOCC2)N(C(=O)C(CC2CCCCC2)NC(=O)NCc2ccccc2)C1. The fourth-order valence-corrected chi connectivity index (χ4v) is 7.28. The Labute approximate surface area is 285 Å². The maximum atomic E-state index is 14.6. The lowest BCUT2D eigenvalue weighted by Gasteiger charge is -2.37. The molecule has 0 radical (unpaired) electrons. The standard InChI is InChI=1S/C34H48N8O7/c1-33(2,48)27-20-37-40-42(27)24-18-26(30(45)39-34(28(43)29(35)44)13-15-49-16-14-34)41(21-24)31(46)25(17-22-9-5-3-6-10-22)38-32(47)36-19-23-11-7-4-8-12-23/h4,7-8,11-12,20,22,24-26,48H,3,5-6,9-10,13-19,21H2,1-2H3,(H2,35,44)(H,39,45)(H2,36,38,47)/t24-,25?,26-/m0/s1. The Morgan fingerprint density at radius 1 is 1.08 bits per heavy atom. The van der Waals surface area contributed by atoms with Crippen molar-refractivity contribution in [3.63, 3.8) is 0 Å². The highest BCUT2D eigenvalue weighted by Crippen LogP contribution is 2.34. The molecule has 2 aliphatic heterocycles. The first kappa shape index (κ1) is 35.9. The largest absolute Gasteiger partial charge is 0.384 e. The molecule has 5 rings (SSSR count). The van der Waals surface area contributed by atoms with Gasteiger partial charge in [0, 0.05) is 45.6 Å². The van der Waals surface area contributed by atoms with E-state index in [1.807, 2.05) is 30.3 Å². The van der Waals surface area contributed by atoms with Crippen LogP contribution in [0.2, 0.25) is 0 Å². The summed E-state index contributed by atoms with van der Waals surface area (Å²) in [5, 5.41) is 27.5. The lowest BCUT2D eigenvalue weighted by atomic mass is 9.84. The number of amides is 5. The number of nitrogens with one attached hydrogen (secondary N) is 3. The molecule has 1 unspecified atom stereocenters. The fourth-order valence-electron chi connectivity index (χ4n) is 7.28. The molecule has 1 aromatic heterocycles. The van der Waals surface area contributed by atoms with Crippen molar-refractivity contribution in [3.05, 3.63) is 47.8 Å². The average Bonchev–Trinajstić information content (AvgIpc) is 3.76. The predicted molar refractivity (Wildman–Crippen MR) is 176 cm³/mol. The number of primary amides is 1.